The third kappa shape index (κ3) is 1.18. The highest BCUT2D eigenvalue weighted by molar-refractivity contribution is 5.33. The van der Waals surface area contributed by atoms with Crippen LogP contribution in [-0.2, 0) is 9.68 Å². The zero-order valence-corrected chi connectivity index (χ0v) is 6.15. The van der Waals surface area contributed by atoms with Gasteiger partial charge in [-0.1, -0.05) is 6.07 Å². The fourth-order valence-electron chi connectivity index (χ4n) is 0.806. The first-order chi connectivity index (χ1) is 5.36. The Bertz CT molecular complexity index is 243. The van der Waals surface area contributed by atoms with Gasteiger partial charge in [0, 0.05) is 6.20 Å². The molecule has 4 heteroatoms. The van der Waals surface area contributed by atoms with Crippen LogP contribution in [0.2, 0.25) is 0 Å². The standard InChI is InChI=1S/C7H8N2O2/c1-6-2-3-7(8-4-6)9-10-5-11-9/h2-4H,5H2,1H3. The molecule has 1 aliphatic rings. The van der Waals surface area contributed by atoms with E-state index in [0.29, 0.717) is 12.6 Å². The smallest absolute Gasteiger partial charge is 0.205 e. The van der Waals surface area contributed by atoms with Gasteiger partial charge >= 0.3 is 0 Å². The predicted octanol–water partition coefficient (Wildman–Crippen LogP) is 1.03. The van der Waals surface area contributed by atoms with Crippen LogP contribution >= 0.6 is 0 Å². The van der Waals surface area contributed by atoms with Crippen molar-refractivity contribution in [2.45, 2.75) is 6.92 Å². The lowest BCUT2D eigenvalue weighted by Crippen LogP contribution is -2.37. The van der Waals surface area contributed by atoms with Crippen molar-refractivity contribution in [1.82, 2.24) is 4.98 Å². The number of aryl methyl sites for hydroxylation is 1. The third-order valence-electron chi connectivity index (χ3n) is 1.42. The van der Waals surface area contributed by atoms with Crippen LogP contribution in [0, 0.1) is 6.92 Å². The maximum absolute atomic E-state index is 4.91. The van der Waals surface area contributed by atoms with Crippen LogP contribution in [0.15, 0.2) is 18.3 Å². The van der Waals surface area contributed by atoms with Crippen molar-refractivity contribution in [1.29, 1.82) is 0 Å². The fraction of sp³-hybridized carbons (Fsp3) is 0.286. The Hall–Kier alpha value is -1.13. The van der Waals surface area contributed by atoms with E-state index in [9.17, 15) is 0 Å². The molecule has 11 heavy (non-hydrogen) atoms. The Morgan fingerprint density at radius 3 is 2.73 bits per heavy atom. The second kappa shape index (κ2) is 2.48. The molecule has 0 atom stereocenters. The predicted molar refractivity (Wildman–Crippen MR) is 38.5 cm³/mol. The number of pyridine rings is 1. The lowest BCUT2D eigenvalue weighted by molar-refractivity contribution is -0.278. The molecule has 0 saturated carbocycles. The summed E-state index contributed by atoms with van der Waals surface area (Å²) >= 11 is 0. The van der Waals surface area contributed by atoms with Crippen LogP contribution in [0.4, 0.5) is 5.82 Å². The van der Waals surface area contributed by atoms with Gasteiger partial charge in [0.2, 0.25) is 6.79 Å². The molecule has 2 rings (SSSR count). The summed E-state index contributed by atoms with van der Waals surface area (Å²) in [4.78, 5) is 13.9. The normalized spacial score (nSPS) is 16.3. The van der Waals surface area contributed by atoms with E-state index in [4.69, 9.17) is 9.68 Å². The van der Waals surface area contributed by atoms with E-state index in [1.165, 1.54) is 5.23 Å². The van der Waals surface area contributed by atoms with Crippen molar-refractivity contribution in [3.8, 4) is 0 Å². The number of hydrogen-bond donors (Lipinski definition) is 0. The number of nitrogens with zero attached hydrogens (tertiary/aromatic N) is 2. The first kappa shape index (κ1) is 6.57. The molecule has 0 aromatic carbocycles. The minimum absolute atomic E-state index is 0.315. The van der Waals surface area contributed by atoms with E-state index >= 15 is 0 Å². The van der Waals surface area contributed by atoms with Gasteiger partial charge in [-0.15, -0.1) is 5.23 Å². The highest BCUT2D eigenvalue weighted by Crippen LogP contribution is 2.16. The molecule has 1 saturated heterocycles. The molecule has 0 amide bonds. The Balaban J connectivity index is 2.18. The van der Waals surface area contributed by atoms with E-state index in [-0.39, 0.29) is 0 Å². The van der Waals surface area contributed by atoms with Crippen LogP contribution in [-0.4, -0.2) is 11.8 Å². The van der Waals surface area contributed by atoms with Crippen molar-refractivity contribution in [3.05, 3.63) is 23.9 Å². The van der Waals surface area contributed by atoms with Gasteiger partial charge < -0.3 is 0 Å². The molecule has 0 bridgehead atoms. The largest absolute Gasteiger partial charge is 0.235 e. The summed E-state index contributed by atoms with van der Waals surface area (Å²) in [5, 5.41) is 1.29. The molecule has 0 N–H and O–H groups in total. The van der Waals surface area contributed by atoms with E-state index < -0.39 is 0 Å². The van der Waals surface area contributed by atoms with E-state index in [0.717, 1.165) is 5.56 Å². The van der Waals surface area contributed by atoms with Gasteiger partial charge in [-0.2, -0.15) is 0 Å². The molecule has 1 fully saturated rings. The fourth-order valence-corrected chi connectivity index (χ4v) is 0.806. The molecule has 1 aromatic rings. The van der Waals surface area contributed by atoms with Gasteiger partial charge in [-0.05, 0) is 18.6 Å². The molecule has 0 radical (unpaired) electrons. The Labute approximate surface area is 64.3 Å². The summed E-state index contributed by atoms with van der Waals surface area (Å²) in [6.45, 7) is 2.30. The second-order valence-electron chi connectivity index (χ2n) is 2.33. The molecule has 0 spiro atoms. The van der Waals surface area contributed by atoms with E-state index in [2.05, 4.69) is 4.98 Å². The average Bonchev–Trinajstić information content (AvgIpc) is 1.90. The summed E-state index contributed by atoms with van der Waals surface area (Å²) in [7, 11) is 0. The van der Waals surface area contributed by atoms with Crippen LogP contribution in [0.1, 0.15) is 5.56 Å². The van der Waals surface area contributed by atoms with Crippen molar-refractivity contribution in [2.75, 3.05) is 12.0 Å². The summed E-state index contributed by atoms with van der Waals surface area (Å²) in [6.07, 6.45) is 1.76. The average molecular weight is 152 g/mol. The maximum atomic E-state index is 4.91. The molecule has 1 aromatic heterocycles. The summed E-state index contributed by atoms with van der Waals surface area (Å²) in [5.41, 5.74) is 1.12. The zero-order chi connectivity index (χ0) is 7.68. The van der Waals surface area contributed by atoms with Gasteiger partial charge in [-0.3, -0.25) is 0 Å². The summed E-state index contributed by atoms with van der Waals surface area (Å²) in [6, 6.07) is 3.79. The third-order valence-corrected chi connectivity index (χ3v) is 1.42. The van der Waals surface area contributed by atoms with Gasteiger partial charge in [-0.25, -0.2) is 14.7 Å². The molecular weight excluding hydrogens is 144 g/mol. The lowest BCUT2D eigenvalue weighted by atomic mass is 10.3. The molecular formula is C7H8N2O2. The first-order valence-electron chi connectivity index (χ1n) is 3.35. The zero-order valence-electron chi connectivity index (χ0n) is 6.15. The number of rotatable bonds is 1. The highest BCUT2D eigenvalue weighted by atomic mass is 17.1. The molecule has 1 aliphatic heterocycles. The van der Waals surface area contributed by atoms with Crippen LogP contribution in [0.3, 0.4) is 0 Å². The van der Waals surface area contributed by atoms with Gasteiger partial charge in [0.15, 0.2) is 5.82 Å². The van der Waals surface area contributed by atoms with Crippen LogP contribution < -0.4 is 5.23 Å². The second-order valence-corrected chi connectivity index (χ2v) is 2.33. The van der Waals surface area contributed by atoms with Crippen LogP contribution in [0.25, 0.3) is 0 Å². The van der Waals surface area contributed by atoms with Crippen molar-refractivity contribution < 1.29 is 9.68 Å². The van der Waals surface area contributed by atoms with Crippen molar-refractivity contribution >= 4 is 5.82 Å². The van der Waals surface area contributed by atoms with Crippen LogP contribution in [0.5, 0.6) is 0 Å². The lowest BCUT2D eigenvalue weighted by Gasteiger charge is -2.28. The number of anilines is 1. The molecule has 0 unspecified atom stereocenters. The van der Waals surface area contributed by atoms with E-state index in [1.54, 1.807) is 6.20 Å². The minimum atomic E-state index is 0.315. The number of aromatic nitrogens is 1. The summed E-state index contributed by atoms with van der Waals surface area (Å²) in [5.74, 6) is 0.682. The first-order valence-corrected chi connectivity index (χ1v) is 3.35. The SMILES string of the molecule is Cc1ccc(N2OCO2)nc1. The van der Waals surface area contributed by atoms with Crippen molar-refractivity contribution in [2.24, 2.45) is 0 Å². The van der Waals surface area contributed by atoms with Gasteiger partial charge in [0.1, 0.15) is 0 Å². The molecule has 2 heterocycles. The monoisotopic (exact) mass is 152 g/mol. The summed E-state index contributed by atoms with van der Waals surface area (Å²) < 4.78 is 0. The van der Waals surface area contributed by atoms with Gasteiger partial charge in [0.25, 0.3) is 0 Å². The molecule has 4 nitrogen and oxygen atoms in total. The van der Waals surface area contributed by atoms with Crippen molar-refractivity contribution in [3.63, 3.8) is 0 Å². The maximum Gasteiger partial charge on any atom is 0.205 e. The molecule has 0 aliphatic carbocycles. The van der Waals surface area contributed by atoms with E-state index in [1.807, 2.05) is 19.1 Å². The number of hydrogen-bond acceptors (Lipinski definition) is 4. The topological polar surface area (TPSA) is 34.6 Å². The van der Waals surface area contributed by atoms with Gasteiger partial charge in [0.05, 0.1) is 0 Å². The Morgan fingerprint density at radius 1 is 1.45 bits per heavy atom. The minimum Gasteiger partial charge on any atom is -0.235 e. The quantitative estimate of drug-likeness (QED) is 0.602. The highest BCUT2D eigenvalue weighted by Gasteiger charge is 2.17. The molecule has 58 valence electrons. The Morgan fingerprint density at radius 2 is 2.27 bits per heavy atom. The Kier molecular flexibility index (Phi) is 1.48.